The molecular weight excluding hydrogens is 372 g/mol. The number of urea groups is 1. The minimum atomic E-state index is -0.0107. The average Bonchev–Trinajstić information content (AvgIpc) is 2.70. The van der Waals surface area contributed by atoms with E-state index >= 15 is 0 Å². The Labute approximate surface area is 174 Å². The van der Waals surface area contributed by atoms with Gasteiger partial charge >= 0.3 is 6.03 Å². The van der Waals surface area contributed by atoms with Crippen LogP contribution in [-0.4, -0.2) is 61.1 Å². The second-order valence-corrected chi connectivity index (χ2v) is 8.89. The van der Waals surface area contributed by atoms with Gasteiger partial charge in [0.15, 0.2) is 0 Å². The molecule has 0 aliphatic carbocycles. The maximum Gasteiger partial charge on any atom is 0.315 e. The van der Waals surface area contributed by atoms with Gasteiger partial charge in [-0.1, -0.05) is 30.7 Å². The van der Waals surface area contributed by atoms with Crippen LogP contribution < -0.4 is 10.6 Å². The molecule has 0 unspecified atom stereocenters. The van der Waals surface area contributed by atoms with Gasteiger partial charge < -0.3 is 15.5 Å². The summed E-state index contributed by atoms with van der Waals surface area (Å²) in [5.74, 6) is 0.873. The van der Waals surface area contributed by atoms with Crippen molar-refractivity contribution in [2.45, 2.75) is 51.6 Å². The van der Waals surface area contributed by atoms with Gasteiger partial charge in [-0.05, 0) is 75.4 Å². The van der Waals surface area contributed by atoms with Crippen LogP contribution in [0, 0.1) is 5.92 Å². The quantitative estimate of drug-likeness (QED) is 0.678. The first kappa shape index (κ1) is 21.4. The summed E-state index contributed by atoms with van der Waals surface area (Å²) >= 11 is 5.95. The van der Waals surface area contributed by atoms with Crippen molar-refractivity contribution >= 4 is 17.6 Å². The predicted octanol–water partition coefficient (Wildman–Crippen LogP) is 3.73. The molecule has 2 N–H and O–H groups in total. The maximum absolute atomic E-state index is 12.1. The lowest BCUT2D eigenvalue weighted by Gasteiger charge is -2.32. The van der Waals surface area contributed by atoms with E-state index in [1.807, 2.05) is 12.1 Å². The van der Waals surface area contributed by atoms with Gasteiger partial charge in [0.25, 0.3) is 0 Å². The van der Waals surface area contributed by atoms with Gasteiger partial charge in [0.05, 0.1) is 0 Å². The molecular formula is C22H35ClN4O. The van der Waals surface area contributed by atoms with Crippen LogP contribution >= 0.6 is 11.6 Å². The highest BCUT2D eigenvalue weighted by Crippen LogP contribution is 2.17. The third-order valence-electron chi connectivity index (χ3n) is 6.06. The molecule has 5 nitrogen and oxygen atoms in total. The number of hydrogen-bond donors (Lipinski definition) is 2. The minimum Gasteiger partial charge on any atom is -0.338 e. The molecule has 0 atom stereocenters. The van der Waals surface area contributed by atoms with E-state index in [-0.39, 0.29) is 12.1 Å². The molecule has 3 rings (SSSR count). The fourth-order valence-corrected chi connectivity index (χ4v) is 4.24. The number of nitrogens with zero attached hydrogens (tertiary/aromatic N) is 2. The van der Waals surface area contributed by atoms with Crippen molar-refractivity contribution in [2.24, 2.45) is 5.92 Å². The molecule has 2 heterocycles. The number of rotatable bonds is 7. The topological polar surface area (TPSA) is 47.6 Å². The van der Waals surface area contributed by atoms with E-state index in [2.05, 4.69) is 39.5 Å². The van der Waals surface area contributed by atoms with Crippen LogP contribution in [0.5, 0.6) is 0 Å². The Morgan fingerprint density at radius 1 is 1.04 bits per heavy atom. The van der Waals surface area contributed by atoms with Crippen LogP contribution in [-0.2, 0) is 6.54 Å². The van der Waals surface area contributed by atoms with Gasteiger partial charge in [-0.15, -0.1) is 0 Å². The van der Waals surface area contributed by atoms with E-state index in [4.69, 9.17) is 11.6 Å². The Bertz CT molecular complexity index is 593. The first-order valence-corrected chi connectivity index (χ1v) is 11.2. The van der Waals surface area contributed by atoms with Crippen LogP contribution in [0.15, 0.2) is 24.3 Å². The van der Waals surface area contributed by atoms with E-state index < -0.39 is 0 Å². The molecule has 1 aromatic carbocycles. The van der Waals surface area contributed by atoms with Crippen molar-refractivity contribution in [1.82, 2.24) is 20.4 Å². The molecule has 2 amide bonds. The van der Waals surface area contributed by atoms with E-state index in [0.717, 1.165) is 62.9 Å². The maximum atomic E-state index is 12.1. The first-order valence-electron chi connectivity index (χ1n) is 10.8. The highest BCUT2D eigenvalue weighted by Gasteiger charge is 2.20. The molecule has 28 heavy (non-hydrogen) atoms. The number of benzene rings is 1. The summed E-state index contributed by atoms with van der Waals surface area (Å²) in [5, 5.41) is 6.96. The Hall–Kier alpha value is -1.30. The zero-order valence-corrected chi connectivity index (χ0v) is 17.9. The summed E-state index contributed by atoms with van der Waals surface area (Å²) in [5.41, 5.74) is 1.29. The molecule has 2 saturated heterocycles. The van der Waals surface area contributed by atoms with E-state index in [1.165, 1.54) is 31.5 Å². The lowest BCUT2D eigenvalue weighted by Crippen LogP contribution is -2.48. The third kappa shape index (κ3) is 7.26. The summed E-state index contributed by atoms with van der Waals surface area (Å²) < 4.78 is 0. The van der Waals surface area contributed by atoms with Crippen LogP contribution in [0.1, 0.15) is 44.6 Å². The number of carbonyl (C=O) groups excluding carboxylic acids is 1. The number of carbonyl (C=O) groups is 1. The van der Waals surface area contributed by atoms with Gasteiger partial charge in [-0.3, -0.25) is 4.90 Å². The van der Waals surface area contributed by atoms with E-state index in [9.17, 15) is 4.79 Å². The van der Waals surface area contributed by atoms with Crippen molar-refractivity contribution in [3.05, 3.63) is 34.9 Å². The Morgan fingerprint density at radius 3 is 2.36 bits per heavy atom. The Kier molecular flexibility index (Phi) is 8.44. The van der Waals surface area contributed by atoms with Gasteiger partial charge in [0, 0.05) is 37.2 Å². The van der Waals surface area contributed by atoms with Crippen molar-refractivity contribution in [1.29, 1.82) is 0 Å². The van der Waals surface area contributed by atoms with E-state index in [0.29, 0.717) is 0 Å². The van der Waals surface area contributed by atoms with Crippen molar-refractivity contribution in [3.63, 3.8) is 0 Å². The lowest BCUT2D eigenvalue weighted by molar-refractivity contribution is 0.184. The average molecular weight is 407 g/mol. The highest BCUT2D eigenvalue weighted by atomic mass is 35.5. The van der Waals surface area contributed by atoms with Gasteiger partial charge in [-0.2, -0.15) is 0 Å². The molecule has 6 heteroatoms. The summed E-state index contributed by atoms with van der Waals surface area (Å²) in [7, 11) is 0. The number of nitrogens with one attached hydrogen (secondary N) is 2. The number of piperidine rings is 2. The van der Waals surface area contributed by atoms with Crippen LogP contribution in [0.3, 0.4) is 0 Å². The van der Waals surface area contributed by atoms with E-state index in [1.54, 1.807) is 0 Å². The summed E-state index contributed by atoms with van der Waals surface area (Å²) in [6.45, 7) is 9.59. The summed E-state index contributed by atoms with van der Waals surface area (Å²) in [4.78, 5) is 17.1. The number of hydrogen-bond acceptors (Lipinski definition) is 3. The van der Waals surface area contributed by atoms with Gasteiger partial charge in [-0.25, -0.2) is 4.79 Å². The minimum absolute atomic E-state index is 0.0107. The van der Waals surface area contributed by atoms with Crippen molar-refractivity contribution in [2.75, 3.05) is 39.3 Å². The fourth-order valence-electron chi connectivity index (χ4n) is 4.11. The largest absolute Gasteiger partial charge is 0.338 e. The Morgan fingerprint density at radius 2 is 1.68 bits per heavy atom. The molecule has 156 valence electrons. The summed E-state index contributed by atoms with van der Waals surface area (Å²) in [6.07, 6.45) is 5.66. The molecule has 0 radical (unpaired) electrons. The second-order valence-electron chi connectivity index (χ2n) is 8.45. The fraction of sp³-hybridized carbons (Fsp3) is 0.682. The highest BCUT2D eigenvalue weighted by molar-refractivity contribution is 6.30. The van der Waals surface area contributed by atoms with Gasteiger partial charge in [0.1, 0.15) is 0 Å². The first-order chi connectivity index (χ1) is 13.6. The second kappa shape index (κ2) is 11.0. The predicted molar refractivity (Wildman–Crippen MR) is 116 cm³/mol. The molecule has 0 spiro atoms. The normalized spacial score (nSPS) is 20.2. The molecule has 0 saturated carbocycles. The summed E-state index contributed by atoms with van der Waals surface area (Å²) in [6, 6.07) is 8.34. The third-order valence-corrected chi connectivity index (χ3v) is 6.31. The number of likely N-dealkylation sites (tertiary alicyclic amines) is 2. The molecule has 2 aliphatic heterocycles. The molecule has 2 aliphatic rings. The lowest BCUT2D eigenvalue weighted by atomic mass is 9.99. The molecule has 1 aromatic rings. The van der Waals surface area contributed by atoms with Crippen molar-refractivity contribution < 1.29 is 4.79 Å². The van der Waals surface area contributed by atoms with Gasteiger partial charge in [0.2, 0.25) is 0 Å². The Balaban J connectivity index is 1.25. The SMILES string of the molecule is CC1CCN(CCCNC(=O)NC2CCN(Cc3ccc(Cl)cc3)CC2)CC1. The standard InChI is InChI=1S/C22H35ClN4O/c1-18-7-13-26(14-8-18)12-2-11-24-22(28)25-21-9-15-27(16-10-21)17-19-3-5-20(23)6-4-19/h3-6,18,21H,2,7-17H2,1H3,(H2,24,25,28). The number of halogens is 1. The van der Waals surface area contributed by atoms with Crippen LogP contribution in [0.4, 0.5) is 4.79 Å². The molecule has 0 aromatic heterocycles. The molecule has 2 fully saturated rings. The van der Waals surface area contributed by atoms with Crippen LogP contribution in [0.2, 0.25) is 5.02 Å². The van der Waals surface area contributed by atoms with Crippen LogP contribution in [0.25, 0.3) is 0 Å². The molecule has 0 bridgehead atoms. The zero-order valence-electron chi connectivity index (χ0n) is 17.1. The smallest absolute Gasteiger partial charge is 0.315 e. The van der Waals surface area contributed by atoms with Crippen molar-refractivity contribution in [3.8, 4) is 0 Å². The monoisotopic (exact) mass is 406 g/mol. The number of amides is 2. The zero-order chi connectivity index (χ0) is 19.8.